The van der Waals surface area contributed by atoms with Crippen molar-refractivity contribution in [2.75, 3.05) is 13.2 Å². The highest BCUT2D eigenvalue weighted by Crippen LogP contribution is 2.29. The van der Waals surface area contributed by atoms with Gasteiger partial charge in [0.05, 0.1) is 0 Å². The van der Waals surface area contributed by atoms with Gasteiger partial charge in [0.15, 0.2) is 0 Å². The van der Waals surface area contributed by atoms with Crippen molar-refractivity contribution in [1.82, 2.24) is 0 Å². The third-order valence-electron chi connectivity index (χ3n) is 3.80. The first-order valence-corrected chi connectivity index (χ1v) is 8.83. The Morgan fingerprint density at radius 3 is 2.33 bits per heavy atom. The Kier molecular flexibility index (Phi) is 7.80. The molecule has 0 atom stereocenters. The third kappa shape index (κ3) is 5.08. The third-order valence-corrected chi connectivity index (χ3v) is 3.80. The Bertz CT molecular complexity index is 620. The second-order valence-electron chi connectivity index (χ2n) is 5.83. The topological polar surface area (TPSA) is 18.5 Å². The highest BCUT2D eigenvalue weighted by Gasteiger charge is 2.26. The van der Waals surface area contributed by atoms with E-state index in [0.29, 0.717) is 13.2 Å². The van der Waals surface area contributed by atoms with Gasteiger partial charge in [-0.15, -0.1) is 0 Å². The van der Waals surface area contributed by atoms with Crippen LogP contribution in [0.1, 0.15) is 44.2 Å². The van der Waals surface area contributed by atoms with Crippen molar-refractivity contribution in [3.05, 3.63) is 72.4 Å². The van der Waals surface area contributed by atoms with Crippen molar-refractivity contribution in [3.63, 3.8) is 0 Å². The van der Waals surface area contributed by atoms with Crippen LogP contribution < -0.4 is 0 Å². The van der Waals surface area contributed by atoms with Crippen LogP contribution in [0, 0.1) is 0 Å². The Labute approximate surface area is 146 Å². The van der Waals surface area contributed by atoms with E-state index in [-0.39, 0.29) is 7.12 Å². The zero-order valence-corrected chi connectivity index (χ0v) is 14.8. The molecule has 0 fully saturated rings. The SMILES string of the molecule is C=C1/C=C\C=C/C/C=C(/B(OCCC)OCCC)c2ccccc21. The molecule has 0 N–H and O–H groups in total. The standard InChI is InChI=1S/C21H27BO2/c1-4-16-23-22(24-17-5-2)21-15-9-7-6-8-12-18(3)19-13-10-11-14-20(19)21/h6-8,10-15H,3-5,9,16-17H2,1-2H3/b7-6-,12-8-,21-15+. The van der Waals surface area contributed by atoms with Crippen molar-refractivity contribution in [2.45, 2.75) is 33.1 Å². The van der Waals surface area contributed by atoms with E-state index < -0.39 is 0 Å². The van der Waals surface area contributed by atoms with Gasteiger partial charge >= 0.3 is 7.12 Å². The normalized spacial score (nSPS) is 19.1. The van der Waals surface area contributed by atoms with Gasteiger partial charge in [-0.3, -0.25) is 0 Å². The lowest BCUT2D eigenvalue weighted by Crippen LogP contribution is -2.27. The van der Waals surface area contributed by atoms with Crippen LogP contribution in [0.3, 0.4) is 0 Å². The Balaban J connectivity index is 2.44. The molecule has 0 aromatic heterocycles. The zero-order chi connectivity index (χ0) is 17.2. The molecule has 0 spiro atoms. The first-order valence-electron chi connectivity index (χ1n) is 8.83. The predicted octanol–water partition coefficient (Wildman–Crippen LogP) is 5.48. The molecule has 0 radical (unpaired) electrons. The number of fused-ring (bicyclic) bond motifs is 1. The minimum Gasteiger partial charge on any atom is -0.407 e. The lowest BCUT2D eigenvalue weighted by molar-refractivity contribution is 0.208. The fourth-order valence-electron chi connectivity index (χ4n) is 2.64. The quantitative estimate of drug-likeness (QED) is 0.619. The molecule has 2 rings (SSSR count). The second kappa shape index (κ2) is 10.1. The van der Waals surface area contributed by atoms with Crippen molar-refractivity contribution in [2.24, 2.45) is 0 Å². The summed E-state index contributed by atoms with van der Waals surface area (Å²) in [4.78, 5) is 0. The van der Waals surface area contributed by atoms with Gasteiger partial charge in [0.2, 0.25) is 0 Å². The number of benzene rings is 1. The highest BCUT2D eigenvalue weighted by atomic mass is 16.6. The molecule has 0 saturated heterocycles. The first-order chi connectivity index (χ1) is 11.8. The van der Waals surface area contributed by atoms with Gasteiger partial charge in [-0.25, -0.2) is 0 Å². The first kappa shape index (κ1) is 18.5. The Hall–Kier alpha value is -1.84. The van der Waals surface area contributed by atoms with Gasteiger partial charge in [-0.1, -0.05) is 75.1 Å². The number of allylic oxidation sites excluding steroid dienone is 6. The van der Waals surface area contributed by atoms with E-state index in [2.05, 4.69) is 56.9 Å². The molecule has 2 nitrogen and oxygen atoms in total. The maximum atomic E-state index is 6.03. The smallest absolute Gasteiger partial charge is 0.407 e. The zero-order valence-electron chi connectivity index (χ0n) is 14.8. The minimum absolute atomic E-state index is 0.337. The van der Waals surface area contributed by atoms with Crippen molar-refractivity contribution < 1.29 is 9.31 Å². The largest absolute Gasteiger partial charge is 0.494 e. The average Bonchev–Trinajstić information content (AvgIpc) is 2.62. The van der Waals surface area contributed by atoms with Crippen LogP contribution in [0.4, 0.5) is 0 Å². The molecule has 1 aromatic carbocycles. The van der Waals surface area contributed by atoms with E-state index in [1.165, 1.54) is 0 Å². The van der Waals surface area contributed by atoms with Crippen LogP contribution in [0.5, 0.6) is 0 Å². The summed E-state index contributed by atoms with van der Waals surface area (Å²) >= 11 is 0. The lowest BCUT2D eigenvalue weighted by atomic mass is 9.71. The summed E-state index contributed by atoms with van der Waals surface area (Å²) in [6.07, 6.45) is 13.3. The molecule has 0 bridgehead atoms. The molecule has 1 aliphatic rings. The Morgan fingerprint density at radius 2 is 1.67 bits per heavy atom. The van der Waals surface area contributed by atoms with E-state index in [4.69, 9.17) is 9.31 Å². The van der Waals surface area contributed by atoms with E-state index in [0.717, 1.165) is 41.4 Å². The number of hydrogen-bond acceptors (Lipinski definition) is 2. The molecular formula is C21H27BO2. The fraction of sp³-hybridized carbons (Fsp3) is 0.333. The van der Waals surface area contributed by atoms with Gasteiger partial charge in [-0.05, 0) is 41.4 Å². The predicted molar refractivity (Wildman–Crippen MR) is 105 cm³/mol. The van der Waals surface area contributed by atoms with Crippen LogP contribution in [0.2, 0.25) is 0 Å². The van der Waals surface area contributed by atoms with Gasteiger partial charge in [0, 0.05) is 13.2 Å². The van der Waals surface area contributed by atoms with E-state index in [9.17, 15) is 0 Å². The summed E-state index contributed by atoms with van der Waals surface area (Å²) in [7, 11) is -0.337. The molecular weight excluding hydrogens is 295 g/mol. The maximum absolute atomic E-state index is 6.03. The van der Waals surface area contributed by atoms with Gasteiger partial charge in [0.1, 0.15) is 0 Å². The summed E-state index contributed by atoms with van der Waals surface area (Å²) in [5, 5.41) is 0. The highest BCUT2D eigenvalue weighted by molar-refractivity contribution is 6.68. The molecule has 0 unspecified atom stereocenters. The number of hydrogen-bond donors (Lipinski definition) is 0. The van der Waals surface area contributed by atoms with Gasteiger partial charge in [0.25, 0.3) is 0 Å². The summed E-state index contributed by atoms with van der Waals surface area (Å²) in [6.45, 7) is 9.81. The van der Waals surface area contributed by atoms with E-state index in [1.807, 2.05) is 18.2 Å². The van der Waals surface area contributed by atoms with Gasteiger partial charge < -0.3 is 9.31 Å². The summed E-state index contributed by atoms with van der Waals surface area (Å²) in [5.41, 5.74) is 4.35. The second-order valence-corrected chi connectivity index (χ2v) is 5.83. The molecule has 0 amide bonds. The number of rotatable bonds is 7. The monoisotopic (exact) mass is 322 g/mol. The summed E-state index contributed by atoms with van der Waals surface area (Å²) in [6, 6.07) is 8.34. The molecule has 0 saturated carbocycles. The van der Waals surface area contributed by atoms with Crippen LogP contribution in [-0.4, -0.2) is 20.3 Å². The van der Waals surface area contributed by atoms with Crippen molar-refractivity contribution in [1.29, 1.82) is 0 Å². The van der Waals surface area contributed by atoms with Crippen LogP contribution in [-0.2, 0) is 9.31 Å². The molecule has 1 aromatic rings. The molecule has 1 aliphatic carbocycles. The van der Waals surface area contributed by atoms with Crippen LogP contribution >= 0.6 is 0 Å². The van der Waals surface area contributed by atoms with Gasteiger partial charge in [-0.2, -0.15) is 0 Å². The lowest BCUT2D eigenvalue weighted by Gasteiger charge is -2.20. The Morgan fingerprint density at radius 1 is 1.00 bits per heavy atom. The fourth-order valence-corrected chi connectivity index (χ4v) is 2.64. The molecule has 126 valence electrons. The van der Waals surface area contributed by atoms with E-state index in [1.54, 1.807) is 0 Å². The average molecular weight is 322 g/mol. The van der Waals surface area contributed by atoms with Crippen molar-refractivity contribution in [3.8, 4) is 0 Å². The molecule has 24 heavy (non-hydrogen) atoms. The summed E-state index contributed by atoms with van der Waals surface area (Å²) < 4.78 is 12.1. The maximum Gasteiger partial charge on any atom is 0.494 e. The summed E-state index contributed by atoms with van der Waals surface area (Å²) in [5.74, 6) is 0. The van der Waals surface area contributed by atoms with E-state index >= 15 is 0 Å². The van der Waals surface area contributed by atoms with Crippen molar-refractivity contribution >= 4 is 18.2 Å². The minimum atomic E-state index is -0.337. The van der Waals surface area contributed by atoms with Crippen LogP contribution in [0.15, 0.2) is 61.2 Å². The molecule has 0 heterocycles. The van der Waals surface area contributed by atoms with Crippen LogP contribution in [0.25, 0.3) is 11.0 Å². The molecule has 3 heteroatoms. The molecule has 0 aliphatic heterocycles.